The van der Waals surface area contributed by atoms with Gasteiger partial charge < -0.3 is 11.1 Å². The van der Waals surface area contributed by atoms with Crippen LogP contribution in [0.2, 0.25) is 0 Å². The number of carbonyl (C=O) groups excluding carboxylic acids is 1. The van der Waals surface area contributed by atoms with Crippen LogP contribution in [0.3, 0.4) is 0 Å². The van der Waals surface area contributed by atoms with E-state index >= 15 is 0 Å². The van der Waals surface area contributed by atoms with Crippen LogP contribution in [0, 0.1) is 5.92 Å². The number of amides is 1. The van der Waals surface area contributed by atoms with Crippen LogP contribution in [-0.4, -0.2) is 28.8 Å². The summed E-state index contributed by atoms with van der Waals surface area (Å²) in [6.07, 6.45) is 3.30. The van der Waals surface area contributed by atoms with Crippen LogP contribution in [0.1, 0.15) is 11.3 Å². The van der Waals surface area contributed by atoms with Gasteiger partial charge in [0, 0.05) is 32.8 Å². The van der Waals surface area contributed by atoms with Crippen molar-refractivity contribution in [1.82, 2.24) is 15.1 Å². The van der Waals surface area contributed by atoms with Gasteiger partial charge in [-0.2, -0.15) is 5.10 Å². The molecule has 1 heterocycles. The van der Waals surface area contributed by atoms with Crippen molar-refractivity contribution < 1.29 is 4.79 Å². The number of rotatable bonds is 7. The molecule has 0 aliphatic rings. The molecule has 1 aromatic heterocycles. The fraction of sp³-hybridized carbons (Fsp3) is 0.375. The molecule has 0 fully saturated rings. The number of aromatic nitrogens is 2. The lowest BCUT2D eigenvalue weighted by Gasteiger charge is -2.14. The Hall–Kier alpha value is -2.14. The summed E-state index contributed by atoms with van der Waals surface area (Å²) in [5.41, 5.74) is 7.84. The molecule has 1 unspecified atom stereocenters. The lowest BCUT2D eigenvalue weighted by molar-refractivity contribution is -0.124. The van der Waals surface area contributed by atoms with Crippen molar-refractivity contribution >= 4 is 5.91 Å². The first-order valence-electron chi connectivity index (χ1n) is 7.19. The maximum atomic E-state index is 12.2. The first kappa shape index (κ1) is 15.3. The van der Waals surface area contributed by atoms with Crippen LogP contribution >= 0.6 is 0 Å². The van der Waals surface area contributed by atoms with E-state index in [0.29, 0.717) is 19.5 Å². The number of hydrogen-bond donors (Lipinski definition) is 2. The molecule has 1 amide bonds. The second-order valence-electron chi connectivity index (χ2n) is 5.14. The number of hydrogen-bond acceptors (Lipinski definition) is 3. The van der Waals surface area contributed by atoms with E-state index in [2.05, 4.69) is 10.4 Å². The molecular formula is C16H22N4O. The van der Waals surface area contributed by atoms with Gasteiger partial charge in [-0.15, -0.1) is 0 Å². The van der Waals surface area contributed by atoms with E-state index in [4.69, 9.17) is 5.73 Å². The SMILES string of the molecule is Cn1ccc(CCNC(=O)C(CN)Cc2ccccc2)n1. The van der Waals surface area contributed by atoms with E-state index in [-0.39, 0.29) is 11.8 Å². The largest absolute Gasteiger partial charge is 0.355 e. The third-order valence-electron chi connectivity index (χ3n) is 3.43. The third-order valence-corrected chi connectivity index (χ3v) is 3.43. The molecule has 2 aromatic rings. The van der Waals surface area contributed by atoms with Gasteiger partial charge in [-0.1, -0.05) is 30.3 Å². The molecule has 5 nitrogen and oxygen atoms in total. The molecule has 0 aliphatic heterocycles. The van der Waals surface area contributed by atoms with Crippen LogP contribution in [-0.2, 0) is 24.7 Å². The Morgan fingerprint density at radius 2 is 2.10 bits per heavy atom. The van der Waals surface area contributed by atoms with Crippen LogP contribution in [0.25, 0.3) is 0 Å². The molecule has 0 bridgehead atoms. The van der Waals surface area contributed by atoms with Crippen molar-refractivity contribution in [3.63, 3.8) is 0 Å². The normalized spacial score (nSPS) is 12.1. The van der Waals surface area contributed by atoms with Gasteiger partial charge >= 0.3 is 0 Å². The van der Waals surface area contributed by atoms with Crippen molar-refractivity contribution in [2.24, 2.45) is 18.7 Å². The molecule has 0 spiro atoms. The van der Waals surface area contributed by atoms with Crippen molar-refractivity contribution in [3.8, 4) is 0 Å². The zero-order valence-electron chi connectivity index (χ0n) is 12.3. The number of nitrogens with one attached hydrogen (secondary N) is 1. The van der Waals surface area contributed by atoms with Crippen LogP contribution in [0.5, 0.6) is 0 Å². The summed E-state index contributed by atoms with van der Waals surface area (Å²) < 4.78 is 1.76. The van der Waals surface area contributed by atoms with E-state index in [0.717, 1.165) is 17.7 Å². The Balaban J connectivity index is 1.80. The van der Waals surface area contributed by atoms with Crippen LogP contribution in [0.15, 0.2) is 42.6 Å². The summed E-state index contributed by atoms with van der Waals surface area (Å²) in [7, 11) is 1.88. The van der Waals surface area contributed by atoms with Crippen LogP contribution < -0.4 is 11.1 Å². The van der Waals surface area contributed by atoms with E-state index in [1.165, 1.54) is 0 Å². The Labute approximate surface area is 125 Å². The Morgan fingerprint density at radius 1 is 1.33 bits per heavy atom. The van der Waals surface area contributed by atoms with Crippen molar-refractivity contribution in [2.75, 3.05) is 13.1 Å². The molecular weight excluding hydrogens is 264 g/mol. The maximum absolute atomic E-state index is 12.2. The van der Waals surface area contributed by atoms with Crippen molar-refractivity contribution in [3.05, 3.63) is 53.9 Å². The Kier molecular flexibility index (Phi) is 5.51. The second-order valence-corrected chi connectivity index (χ2v) is 5.14. The molecule has 2 rings (SSSR count). The van der Waals surface area contributed by atoms with Gasteiger partial charge in [-0.3, -0.25) is 9.48 Å². The van der Waals surface area contributed by atoms with Gasteiger partial charge in [0.25, 0.3) is 0 Å². The highest BCUT2D eigenvalue weighted by atomic mass is 16.1. The predicted molar refractivity (Wildman–Crippen MR) is 82.6 cm³/mol. The minimum Gasteiger partial charge on any atom is -0.355 e. The van der Waals surface area contributed by atoms with Gasteiger partial charge in [0.05, 0.1) is 11.6 Å². The van der Waals surface area contributed by atoms with Gasteiger partial charge in [0.2, 0.25) is 5.91 Å². The highest BCUT2D eigenvalue weighted by Gasteiger charge is 2.16. The fourth-order valence-electron chi connectivity index (χ4n) is 2.24. The fourth-order valence-corrected chi connectivity index (χ4v) is 2.24. The summed E-state index contributed by atoms with van der Waals surface area (Å²) >= 11 is 0. The number of nitrogens with zero attached hydrogens (tertiary/aromatic N) is 2. The molecule has 0 aliphatic carbocycles. The average Bonchev–Trinajstić information content (AvgIpc) is 2.91. The van der Waals surface area contributed by atoms with Crippen molar-refractivity contribution in [2.45, 2.75) is 12.8 Å². The molecule has 3 N–H and O–H groups in total. The highest BCUT2D eigenvalue weighted by molar-refractivity contribution is 5.79. The topological polar surface area (TPSA) is 72.9 Å². The average molecular weight is 286 g/mol. The van der Waals surface area contributed by atoms with E-state index < -0.39 is 0 Å². The van der Waals surface area contributed by atoms with E-state index in [1.807, 2.05) is 49.6 Å². The summed E-state index contributed by atoms with van der Waals surface area (Å²) in [4.78, 5) is 12.2. The first-order valence-corrected chi connectivity index (χ1v) is 7.19. The number of nitrogens with two attached hydrogens (primary N) is 1. The molecule has 5 heteroatoms. The zero-order chi connectivity index (χ0) is 15.1. The van der Waals surface area contributed by atoms with Gasteiger partial charge in [0.1, 0.15) is 0 Å². The summed E-state index contributed by atoms with van der Waals surface area (Å²) in [6.45, 7) is 0.936. The number of benzene rings is 1. The van der Waals surface area contributed by atoms with Gasteiger partial charge in [0.15, 0.2) is 0 Å². The predicted octanol–water partition coefficient (Wildman–Crippen LogP) is 0.896. The molecule has 0 saturated heterocycles. The number of carbonyl (C=O) groups is 1. The minimum atomic E-state index is -0.184. The molecule has 21 heavy (non-hydrogen) atoms. The number of aryl methyl sites for hydroxylation is 1. The zero-order valence-corrected chi connectivity index (χ0v) is 12.3. The highest BCUT2D eigenvalue weighted by Crippen LogP contribution is 2.08. The second kappa shape index (κ2) is 7.59. The van der Waals surface area contributed by atoms with Crippen molar-refractivity contribution in [1.29, 1.82) is 0 Å². The third kappa shape index (κ3) is 4.72. The van der Waals surface area contributed by atoms with E-state index in [9.17, 15) is 4.79 Å². The minimum absolute atomic E-state index is 0.0114. The molecule has 1 atom stereocenters. The van der Waals surface area contributed by atoms with Crippen LogP contribution in [0.4, 0.5) is 0 Å². The Bertz CT molecular complexity index is 565. The smallest absolute Gasteiger partial charge is 0.224 e. The molecule has 0 radical (unpaired) electrons. The standard InChI is InChI=1S/C16H22N4O/c1-20-10-8-15(19-20)7-9-18-16(21)14(12-17)11-13-5-3-2-4-6-13/h2-6,8,10,14H,7,9,11-12,17H2,1H3,(H,18,21). The Morgan fingerprint density at radius 3 is 2.71 bits per heavy atom. The quantitative estimate of drug-likeness (QED) is 0.794. The summed E-state index contributed by atoms with van der Waals surface area (Å²) in [5.74, 6) is -0.173. The maximum Gasteiger partial charge on any atom is 0.224 e. The summed E-state index contributed by atoms with van der Waals surface area (Å²) in [5, 5.41) is 7.22. The molecule has 112 valence electrons. The van der Waals surface area contributed by atoms with E-state index in [1.54, 1.807) is 4.68 Å². The molecule has 1 aromatic carbocycles. The van der Waals surface area contributed by atoms with Gasteiger partial charge in [-0.25, -0.2) is 0 Å². The lowest BCUT2D eigenvalue weighted by atomic mass is 9.98. The monoisotopic (exact) mass is 286 g/mol. The lowest BCUT2D eigenvalue weighted by Crippen LogP contribution is -2.37. The first-order chi connectivity index (χ1) is 10.2. The summed E-state index contributed by atoms with van der Waals surface area (Å²) in [6, 6.07) is 11.9. The van der Waals surface area contributed by atoms with Gasteiger partial charge in [-0.05, 0) is 18.1 Å². The molecule has 0 saturated carbocycles.